The molecule has 0 spiro atoms. The summed E-state index contributed by atoms with van der Waals surface area (Å²) in [6.07, 6.45) is 31.1. The van der Waals surface area contributed by atoms with Crippen molar-refractivity contribution < 1.29 is 0 Å². The first-order valence-electron chi connectivity index (χ1n) is 12.9. The first kappa shape index (κ1) is 27.4. The maximum absolute atomic E-state index is 5.01. The Morgan fingerprint density at radius 3 is 2.34 bits per heavy atom. The van der Waals surface area contributed by atoms with Crippen molar-refractivity contribution in [3.63, 3.8) is 0 Å². The molecule has 2 rings (SSSR count). The van der Waals surface area contributed by atoms with Crippen molar-refractivity contribution >= 4 is 25.3 Å². The number of fused-ring (bicyclic) bond motifs is 1. The van der Waals surface area contributed by atoms with Gasteiger partial charge in [-0.3, -0.25) is 0 Å². The van der Waals surface area contributed by atoms with Gasteiger partial charge in [-0.1, -0.05) is 106 Å². The van der Waals surface area contributed by atoms with Gasteiger partial charge in [0.05, 0.1) is 0 Å². The van der Waals surface area contributed by atoms with E-state index in [0.717, 1.165) is 42.4 Å². The molecule has 32 heavy (non-hydrogen) atoms. The molecule has 0 aromatic heterocycles. The van der Waals surface area contributed by atoms with Crippen molar-refractivity contribution in [2.75, 3.05) is 0 Å². The van der Waals surface area contributed by atoms with Crippen LogP contribution in [0.3, 0.4) is 0 Å². The van der Waals surface area contributed by atoms with E-state index < -0.39 is 0 Å². The van der Waals surface area contributed by atoms with Gasteiger partial charge in [-0.2, -0.15) is 12.6 Å². The van der Waals surface area contributed by atoms with Crippen molar-refractivity contribution in [1.82, 2.24) is 0 Å². The Hall–Kier alpha value is -0.860. The van der Waals surface area contributed by atoms with E-state index in [2.05, 4.69) is 76.3 Å². The largest absolute Gasteiger partial charge is 0.172 e. The predicted octanol–water partition coefficient (Wildman–Crippen LogP) is 9.99. The first-order valence-corrected chi connectivity index (χ1v) is 13.7. The molecule has 0 radical (unpaired) electrons. The van der Waals surface area contributed by atoms with Gasteiger partial charge < -0.3 is 0 Å². The Balaban J connectivity index is 2.25. The summed E-state index contributed by atoms with van der Waals surface area (Å²) >= 11 is 9.74. The normalized spacial score (nSPS) is 36.7. The molecule has 0 N–H and O–H groups in total. The lowest BCUT2D eigenvalue weighted by molar-refractivity contribution is 0.524. The summed E-state index contributed by atoms with van der Waals surface area (Å²) in [7, 11) is 0. The molecule has 2 aliphatic rings. The van der Waals surface area contributed by atoms with Gasteiger partial charge in [0, 0.05) is 4.75 Å². The minimum Gasteiger partial charge on any atom is -0.172 e. The molecule has 0 aromatic carbocycles. The number of hydrogen-bond donors (Lipinski definition) is 2. The number of hydrogen-bond acceptors (Lipinski definition) is 2. The van der Waals surface area contributed by atoms with E-state index in [1.54, 1.807) is 11.1 Å². The highest BCUT2D eigenvalue weighted by Gasteiger charge is 2.40. The van der Waals surface area contributed by atoms with Gasteiger partial charge in [-0.25, -0.2) is 0 Å². The maximum atomic E-state index is 5.01. The topological polar surface area (TPSA) is 0 Å². The minimum atomic E-state index is 0.0195. The highest BCUT2D eigenvalue weighted by Crippen LogP contribution is 2.49. The fourth-order valence-electron chi connectivity index (χ4n) is 4.78. The molecular weight excluding hydrogens is 424 g/mol. The molecule has 0 saturated heterocycles. The van der Waals surface area contributed by atoms with Crippen molar-refractivity contribution in [1.29, 1.82) is 0 Å². The lowest BCUT2D eigenvalue weighted by Gasteiger charge is -2.23. The van der Waals surface area contributed by atoms with Crippen LogP contribution in [-0.2, 0) is 0 Å². The Bertz CT molecular complexity index is 758. The summed E-state index contributed by atoms with van der Waals surface area (Å²) in [4.78, 5) is 1.12. The van der Waals surface area contributed by atoms with Crippen LogP contribution >= 0.6 is 25.3 Å². The minimum absolute atomic E-state index is 0.0195. The molecule has 0 heterocycles. The molecule has 1 fully saturated rings. The van der Waals surface area contributed by atoms with E-state index in [1.807, 2.05) is 0 Å². The highest BCUT2D eigenvalue weighted by atomic mass is 32.1. The second kappa shape index (κ2) is 14.4. The van der Waals surface area contributed by atoms with Gasteiger partial charge in [0.2, 0.25) is 0 Å². The van der Waals surface area contributed by atoms with Crippen LogP contribution in [0.25, 0.3) is 0 Å². The van der Waals surface area contributed by atoms with Gasteiger partial charge in [-0.15, -0.1) is 12.6 Å². The zero-order chi connectivity index (χ0) is 23.4. The highest BCUT2D eigenvalue weighted by molar-refractivity contribution is 7.84. The summed E-state index contributed by atoms with van der Waals surface area (Å²) in [5.74, 6) is 1.67. The lowest BCUT2D eigenvalue weighted by Crippen LogP contribution is -2.17. The zero-order valence-electron chi connectivity index (χ0n) is 20.9. The van der Waals surface area contributed by atoms with Crippen molar-refractivity contribution in [2.24, 2.45) is 11.8 Å². The Labute approximate surface area is 209 Å². The Morgan fingerprint density at radius 2 is 1.62 bits per heavy atom. The number of allylic oxidation sites excluding steroid dienone is 12. The van der Waals surface area contributed by atoms with Gasteiger partial charge in [0.15, 0.2) is 0 Å². The van der Waals surface area contributed by atoms with Crippen molar-refractivity contribution in [2.45, 2.75) is 103 Å². The molecular formula is C30H46S2. The van der Waals surface area contributed by atoms with Gasteiger partial charge in [-0.05, 0) is 74.5 Å². The summed E-state index contributed by atoms with van der Waals surface area (Å²) in [5.41, 5.74) is 4.74. The third-order valence-corrected chi connectivity index (χ3v) is 7.32. The fourth-order valence-corrected chi connectivity index (χ4v) is 5.74. The molecule has 2 aliphatic carbocycles. The quantitative estimate of drug-likeness (QED) is 0.290. The Morgan fingerprint density at radius 1 is 0.906 bits per heavy atom. The van der Waals surface area contributed by atoms with Crippen LogP contribution in [0.5, 0.6) is 0 Å². The van der Waals surface area contributed by atoms with Crippen LogP contribution in [0.4, 0.5) is 0 Å². The third-order valence-electron chi connectivity index (χ3n) is 6.67. The van der Waals surface area contributed by atoms with E-state index in [1.165, 1.54) is 50.5 Å². The lowest BCUT2D eigenvalue weighted by atomic mass is 9.95. The summed E-state index contributed by atoms with van der Waals surface area (Å²) in [6.45, 7) is 9.17. The van der Waals surface area contributed by atoms with E-state index in [4.69, 9.17) is 25.3 Å². The molecule has 0 aliphatic heterocycles. The zero-order valence-corrected chi connectivity index (χ0v) is 22.7. The second-order valence-electron chi connectivity index (χ2n) is 10.1. The van der Waals surface area contributed by atoms with Gasteiger partial charge in [0.25, 0.3) is 0 Å². The van der Waals surface area contributed by atoms with Gasteiger partial charge >= 0.3 is 0 Å². The van der Waals surface area contributed by atoms with E-state index in [-0.39, 0.29) is 4.75 Å². The third kappa shape index (κ3) is 10.8. The monoisotopic (exact) mass is 470 g/mol. The predicted molar refractivity (Wildman–Crippen MR) is 152 cm³/mol. The van der Waals surface area contributed by atoms with E-state index >= 15 is 0 Å². The summed E-state index contributed by atoms with van der Waals surface area (Å²) in [6, 6.07) is 0. The fraction of sp³-hybridized carbons (Fsp3) is 0.600. The van der Waals surface area contributed by atoms with Crippen LogP contribution in [-0.4, -0.2) is 4.75 Å². The standard InChI is InChI=1S/C30H46S2/c1-5-12-25-14-10-8-9-11-15-29(31)23-30(4,32)22-28-21-27(28)19-18-24(7-3)20-26(13-6-2)17-16-25/h8-11,15-18,27-28,31-32H,5-7,12-14,19-23H2,1-4H3/b10-8+,11-9+,24-18+,25-16+,26-17+,29-15+. The molecule has 3 atom stereocenters. The molecule has 1 saturated carbocycles. The van der Waals surface area contributed by atoms with Crippen LogP contribution in [0, 0.1) is 11.8 Å². The van der Waals surface area contributed by atoms with Crippen LogP contribution < -0.4 is 0 Å². The molecule has 0 nitrogen and oxygen atoms in total. The molecule has 0 amide bonds. The second-order valence-corrected chi connectivity index (χ2v) is 11.7. The summed E-state index contributed by atoms with van der Waals surface area (Å²) < 4.78 is 0.0195. The van der Waals surface area contributed by atoms with Crippen LogP contribution in [0.2, 0.25) is 0 Å². The molecule has 3 unspecified atom stereocenters. The summed E-state index contributed by atoms with van der Waals surface area (Å²) in [5, 5.41) is 0. The average Bonchev–Trinajstić information content (AvgIpc) is 3.46. The van der Waals surface area contributed by atoms with Crippen molar-refractivity contribution in [3.8, 4) is 0 Å². The number of thiol groups is 2. The molecule has 0 aromatic rings. The smallest absolute Gasteiger partial charge is 0.0149 e. The SMILES string of the molecule is CCC/C1=C\C=C(/CCC)C/C(CC)=C/CC2CC2CC(C)(S)C\C(S)=C/C=C/C=C/C1. The van der Waals surface area contributed by atoms with Gasteiger partial charge in [0.1, 0.15) is 0 Å². The van der Waals surface area contributed by atoms with Crippen molar-refractivity contribution in [3.05, 3.63) is 70.2 Å². The van der Waals surface area contributed by atoms with E-state index in [0.29, 0.717) is 0 Å². The average molecular weight is 471 g/mol. The molecule has 0 bridgehead atoms. The Kier molecular flexibility index (Phi) is 12.3. The van der Waals surface area contributed by atoms with Crippen LogP contribution in [0.1, 0.15) is 98.3 Å². The molecule has 2 heteroatoms. The van der Waals surface area contributed by atoms with E-state index in [9.17, 15) is 0 Å². The molecule has 178 valence electrons. The number of rotatable bonds is 5. The first-order chi connectivity index (χ1) is 15.4. The van der Waals surface area contributed by atoms with Crippen LogP contribution in [0.15, 0.2) is 70.2 Å². The maximum Gasteiger partial charge on any atom is 0.0149 e.